The lowest BCUT2D eigenvalue weighted by atomic mass is 10.1. The van der Waals surface area contributed by atoms with Crippen molar-refractivity contribution < 1.29 is 9.00 Å². The summed E-state index contributed by atoms with van der Waals surface area (Å²) >= 11 is 7.08. The number of thiophene rings is 1. The smallest absolute Gasteiger partial charge is 0.236 e. The van der Waals surface area contributed by atoms with Gasteiger partial charge in [-0.15, -0.1) is 11.3 Å². The second kappa shape index (κ2) is 5.68. The van der Waals surface area contributed by atoms with Gasteiger partial charge in [0.15, 0.2) is 0 Å². The van der Waals surface area contributed by atoms with E-state index in [4.69, 9.17) is 11.6 Å². The van der Waals surface area contributed by atoms with Crippen molar-refractivity contribution in [3.63, 3.8) is 0 Å². The van der Waals surface area contributed by atoms with Gasteiger partial charge in [0.1, 0.15) is 5.75 Å². The van der Waals surface area contributed by atoms with Gasteiger partial charge in [0.2, 0.25) is 5.91 Å². The molecule has 104 valence electrons. The zero-order chi connectivity index (χ0) is 14.1. The summed E-state index contributed by atoms with van der Waals surface area (Å²) in [5.41, 5.74) is 2.34. The predicted molar refractivity (Wildman–Crippen MR) is 81.3 cm³/mol. The van der Waals surface area contributed by atoms with Crippen LogP contribution in [0.2, 0.25) is 4.34 Å². The number of hydrogen-bond donors (Lipinski definition) is 0. The first-order valence-corrected chi connectivity index (χ1v) is 8.63. The molecule has 0 fully saturated rings. The number of nitrogens with zero attached hydrogens (tertiary/aromatic N) is 1. The Hall–Kier alpha value is -1.17. The number of carbonyl (C=O) groups excluding carboxylic acids is 1. The maximum absolute atomic E-state index is 12.2. The Kier molecular flexibility index (Phi) is 3.92. The molecule has 2 aromatic rings. The normalized spacial score (nSPS) is 15.2. The van der Waals surface area contributed by atoms with E-state index in [2.05, 4.69) is 0 Å². The van der Waals surface area contributed by atoms with E-state index in [1.807, 2.05) is 24.3 Å². The van der Waals surface area contributed by atoms with Crippen LogP contribution < -0.4 is 0 Å². The molecule has 1 atom stereocenters. The largest absolute Gasteiger partial charge is 0.333 e. The molecule has 0 spiro atoms. The van der Waals surface area contributed by atoms with Crippen LogP contribution in [0.4, 0.5) is 0 Å². The molecule has 0 aliphatic carbocycles. The van der Waals surface area contributed by atoms with E-state index in [0.717, 1.165) is 0 Å². The van der Waals surface area contributed by atoms with Gasteiger partial charge in [-0.1, -0.05) is 35.9 Å². The fourth-order valence-electron chi connectivity index (χ4n) is 2.20. The Labute approximate surface area is 128 Å². The molecule has 0 bridgehead atoms. The minimum Gasteiger partial charge on any atom is -0.333 e. The lowest BCUT2D eigenvalue weighted by Crippen LogP contribution is -2.29. The van der Waals surface area contributed by atoms with Crippen LogP contribution in [0.3, 0.4) is 0 Å². The van der Waals surface area contributed by atoms with Crippen molar-refractivity contribution >= 4 is 39.6 Å². The summed E-state index contributed by atoms with van der Waals surface area (Å²) in [7, 11) is -1.31. The predicted octanol–water partition coefficient (Wildman–Crippen LogP) is 3.05. The molecule has 6 heteroatoms. The lowest BCUT2D eigenvalue weighted by molar-refractivity contribution is -0.128. The second-order valence-electron chi connectivity index (χ2n) is 4.57. The highest BCUT2D eigenvalue weighted by molar-refractivity contribution is 7.88. The van der Waals surface area contributed by atoms with Crippen LogP contribution in [0, 0.1) is 0 Å². The molecule has 1 aromatic heterocycles. The van der Waals surface area contributed by atoms with Gasteiger partial charge in [0, 0.05) is 13.1 Å². The van der Waals surface area contributed by atoms with Gasteiger partial charge in [-0.3, -0.25) is 9.00 Å². The highest BCUT2D eigenvalue weighted by atomic mass is 35.5. The van der Waals surface area contributed by atoms with Gasteiger partial charge >= 0.3 is 0 Å². The van der Waals surface area contributed by atoms with Crippen molar-refractivity contribution in [3.05, 3.63) is 51.9 Å². The zero-order valence-electron chi connectivity index (χ0n) is 10.5. The van der Waals surface area contributed by atoms with Crippen molar-refractivity contribution in [1.82, 2.24) is 4.90 Å². The highest BCUT2D eigenvalue weighted by Gasteiger charge is 2.24. The van der Waals surface area contributed by atoms with Crippen LogP contribution in [0.5, 0.6) is 0 Å². The minimum atomic E-state index is -1.31. The average Bonchev–Trinajstić information content (AvgIpc) is 3.04. The Bertz CT molecular complexity index is 658. The molecular formula is C14H12ClNO2S2. The molecule has 3 nitrogen and oxygen atoms in total. The van der Waals surface area contributed by atoms with Crippen LogP contribution in [-0.4, -0.2) is 20.8 Å². The Balaban J connectivity index is 1.65. The van der Waals surface area contributed by atoms with Crippen LogP contribution in [0.15, 0.2) is 40.6 Å². The first-order chi connectivity index (χ1) is 9.63. The lowest BCUT2D eigenvalue weighted by Gasteiger charge is -2.14. The molecule has 0 saturated carbocycles. The zero-order valence-corrected chi connectivity index (χ0v) is 12.9. The third-order valence-corrected chi connectivity index (χ3v) is 6.15. The molecular weight excluding hydrogens is 314 g/mol. The van der Waals surface area contributed by atoms with Crippen LogP contribution in [0.1, 0.15) is 11.1 Å². The van der Waals surface area contributed by atoms with Crippen molar-refractivity contribution in [2.75, 3.05) is 5.75 Å². The number of hydrogen-bond acceptors (Lipinski definition) is 3. The molecule has 1 aliphatic heterocycles. The summed E-state index contributed by atoms with van der Waals surface area (Å²) in [5, 5.41) is 0. The van der Waals surface area contributed by atoms with Gasteiger partial charge in [-0.05, 0) is 23.3 Å². The average molecular weight is 326 g/mol. The molecule has 1 aliphatic rings. The summed E-state index contributed by atoms with van der Waals surface area (Å²) in [5.74, 6) is -0.0609. The summed E-state index contributed by atoms with van der Waals surface area (Å²) in [6.45, 7) is 1.22. The number of amides is 1. The molecule has 1 amide bonds. The Morgan fingerprint density at radius 1 is 1.20 bits per heavy atom. The van der Waals surface area contributed by atoms with E-state index in [9.17, 15) is 9.00 Å². The maximum Gasteiger partial charge on any atom is 0.236 e. The van der Waals surface area contributed by atoms with E-state index >= 15 is 0 Å². The number of carbonyl (C=O) groups is 1. The molecule has 20 heavy (non-hydrogen) atoms. The van der Waals surface area contributed by atoms with Crippen LogP contribution in [0.25, 0.3) is 0 Å². The first-order valence-electron chi connectivity index (χ1n) is 6.12. The fourth-order valence-corrected chi connectivity index (χ4v) is 4.70. The standard InChI is InChI=1S/C14H12ClNO2S2/c15-12-5-6-14(19-12)20(18)9-13(17)16-7-10-3-1-2-4-11(10)8-16/h1-6H,7-9H2. The number of rotatable bonds is 3. The number of fused-ring (bicyclic) bond motifs is 1. The molecule has 0 N–H and O–H groups in total. The van der Waals surface area contributed by atoms with Gasteiger partial charge in [-0.2, -0.15) is 0 Å². The van der Waals surface area contributed by atoms with E-state index < -0.39 is 10.8 Å². The number of halogens is 1. The SMILES string of the molecule is O=C(CS(=O)c1ccc(Cl)s1)N1Cc2ccccc2C1. The topological polar surface area (TPSA) is 37.4 Å². The summed E-state index contributed by atoms with van der Waals surface area (Å²) < 4.78 is 13.4. The van der Waals surface area contributed by atoms with Crippen LogP contribution in [-0.2, 0) is 28.7 Å². The summed E-state index contributed by atoms with van der Waals surface area (Å²) in [6.07, 6.45) is 0. The van der Waals surface area contributed by atoms with E-state index in [-0.39, 0.29) is 11.7 Å². The molecule has 3 rings (SSSR count). The third kappa shape index (κ3) is 2.80. The van der Waals surface area contributed by atoms with Gasteiger partial charge in [0.05, 0.1) is 19.3 Å². The second-order valence-corrected chi connectivity index (χ2v) is 7.96. The summed E-state index contributed by atoms with van der Waals surface area (Å²) in [4.78, 5) is 14.0. The van der Waals surface area contributed by atoms with Crippen molar-refractivity contribution in [1.29, 1.82) is 0 Å². The van der Waals surface area contributed by atoms with Crippen molar-refractivity contribution in [3.8, 4) is 0 Å². The highest BCUT2D eigenvalue weighted by Crippen LogP contribution is 2.26. The first kappa shape index (κ1) is 13.8. The monoisotopic (exact) mass is 325 g/mol. The van der Waals surface area contributed by atoms with E-state index in [1.54, 1.807) is 17.0 Å². The van der Waals surface area contributed by atoms with Gasteiger partial charge < -0.3 is 4.90 Å². The van der Waals surface area contributed by atoms with E-state index in [0.29, 0.717) is 21.6 Å². The molecule has 2 heterocycles. The molecule has 0 radical (unpaired) electrons. The molecule has 1 unspecified atom stereocenters. The van der Waals surface area contributed by atoms with Crippen LogP contribution >= 0.6 is 22.9 Å². The van der Waals surface area contributed by atoms with Gasteiger partial charge in [-0.25, -0.2) is 0 Å². The Morgan fingerprint density at radius 3 is 2.40 bits per heavy atom. The third-order valence-electron chi connectivity index (χ3n) is 3.22. The minimum absolute atomic E-state index is 0.0187. The number of benzene rings is 1. The van der Waals surface area contributed by atoms with E-state index in [1.165, 1.54) is 22.5 Å². The van der Waals surface area contributed by atoms with Crippen molar-refractivity contribution in [2.45, 2.75) is 17.3 Å². The van der Waals surface area contributed by atoms with Crippen molar-refractivity contribution in [2.24, 2.45) is 0 Å². The quantitative estimate of drug-likeness (QED) is 0.869. The maximum atomic E-state index is 12.2. The molecule has 0 saturated heterocycles. The Morgan fingerprint density at radius 2 is 1.85 bits per heavy atom. The summed E-state index contributed by atoms with van der Waals surface area (Å²) in [6, 6.07) is 11.4. The van der Waals surface area contributed by atoms with Gasteiger partial charge in [0.25, 0.3) is 0 Å². The molecule has 1 aromatic carbocycles. The fraction of sp³-hybridized carbons (Fsp3) is 0.214.